The number of hydrogen-bond acceptors (Lipinski definition) is 3. The van der Waals surface area contributed by atoms with E-state index in [0.717, 1.165) is 5.56 Å². The average Bonchev–Trinajstić information content (AvgIpc) is 2.32. The first-order chi connectivity index (χ1) is 7.58. The van der Waals surface area contributed by atoms with Crippen LogP contribution in [0.2, 0.25) is 0 Å². The van der Waals surface area contributed by atoms with Gasteiger partial charge in [0.15, 0.2) is 0 Å². The lowest BCUT2D eigenvalue weighted by Crippen LogP contribution is -2.54. The number of benzene rings is 1. The number of carboxylic acids is 1. The van der Waals surface area contributed by atoms with Crippen molar-refractivity contribution in [3.8, 4) is 0 Å². The van der Waals surface area contributed by atoms with Crippen molar-refractivity contribution in [2.24, 2.45) is 0 Å². The zero-order valence-corrected chi connectivity index (χ0v) is 9.47. The molecular weight excluding hydrogens is 206 g/mol. The van der Waals surface area contributed by atoms with E-state index in [4.69, 9.17) is 5.21 Å². The fourth-order valence-corrected chi connectivity index (χ4v) is 1.89. The van der Waals surface area contributed by atoms with Crippen LogP contribution in [-0.4, -0.2) is 21.8 Å². The first-order valence-corrected chi connectivity index (χ1v) is 5.28. The van der Waals surface area contributed by atoms with E-state index >= 15 is 0 Å². The fraction of sp³-hybridized carbons (Fsp3) is 0.417. The minimum Gasteiger partial charge on any atom is -0.480 e. The highest BCUT2D eigenvalue weighted by Crippen LogP contribution is 2.30. The number of carbonyl (C=O) groups is 1. The van der Waals surface area contributed by atoms with Crippen LogP contribution >= 0.6 is 0 Å². The van der Waals surface area contributed by atoms with Crippen LogP contribution in [-0.2, 0) is 4.79 Å². The van der Waals surface area contributed by atoms with Gasteiger partial charge in [-0.3, -0.25) is 4.79 Å². The second-order valence-electron chi connectivity index (χ2n) is 3.87. The first kappa shape index (κ1) is 12.7. The molecule has 1 aromatic carbocycles. The molecule has 0 amide bonds. The van der Waals surface area contributed by atoms with Gasteiger partial charge in [0, 0.05) is 5.92 Å². The molecule has 2 unspecified atom stereocenters. The third kappa shape index (κ3) is 2.08. The van der Waals surface area contributed by atoms with Gasteiger partial charge in [0.2, 0.25) is 0 Å². The number of hydrogen-bond donors (Lipinski definition) is 3. The molecule has 88 valence electrons. The van der Waals surface area contributed by atoms with Crippen LogP contribution in [0.3, 0.4) is 0 Å². The van der Waals surface area contributed by atoms with Crippen LogP contribution in [0.1, 0.15) is 31.7 Å². The molecule has 0 spiro atoms. The Bertz CT molecular complexity index is 347. The number of rotatable bonds is 5. The molecule has 2 atom stereocenters. The Morgan fingerprint density at radius 2 is 2.00 bits per heavy atom. The average molecular weight is 223 g/mol. The Hall–Kier alpha value is -1.39. The maximum Gasteiger partial charge on any atom is 0.326 e. The van der Waals surface area contributed by atoms with Crippen molar-refractivity contribution in [1.29, 1.82) is 0 Å². The number of hydroxylamine groups is 1. The highest BCUT2D eigenvalue weighted by atomic mass is 16.5. The molecule has 1 rings (SSSR count). The molecular formula is C12H17NO3. The van der Waals surface area contributed by atoms with Crippen LogP contribution in [0.4, 0.5) is 0 Å². The standard InChI is InChI=1S/C12H17NO3/c1-3-12(13-16,11(14)15)9(2)10-7-5-4-6-8-10/h4-9,13,16H,3H2,1-2H3,(H,14,15). The Morgan fingerprint density at radius 1 is 1.44 bits per heavy atom. The van der Waals surface area contributed by atoms with Crippen molar-refractivity contribution >= 4 is 5.97 Å². The smallest absolute Gasteiger partial charge is 0.326 e. The van der Waals surface area contributed by atoms with Crippen molar-refractivity contribution in [3.63, 3.8) is 0 Å². The summed E-state index contributed by atoms with van der Waals surface area (Å²) >= 11 is 0. The molecule has 0 fully saturated rings. The molecule has 3 N–H and O–H groups in total. The fourth-order valence-electron chi connectivity index (χ4n) is 1.89. The van der Waals surface area contributed by atoms with Crippen LogP contribution < -0.4 is 5.48 Å². The minimum atomic E-state index is -1.33. The van der Waals surface area contributed by atoms with Gasteiger partial charge in [-0.2, -0.15) is 5.48 Å². The summed E-state index contributed by atoms with van der Waals surface area (Å²) in [7, 11) is 0. The van der Waals surface area contributed by atoms with Crippen LogP contribution in [0.5, 0.6) is 0 Å². The topological polar surface area (TPSA) is 69.6 Å². The van der Waals surface area contributed by atoms with Crippen LogP contribution in [0.25, 0.3) is 0 Å². The molecule has 0 heterocycles. The highest BCUT2D eigenvalue weighted by Gasteiger charge is 2.42. The molecule has 0 aliphatic carbocycles. The second-order valence-corrected chi connectivity index (χ2v) is 3.87. The van der Waals surface area contributed by atoms with Crippen molar-refractivity contribution in [1.82, 2.24) is 5.48 Å². The van der Waals surface area contributed by atoms with Crippen LogP contribution in [0, 0.1) is 0 Å². The van der Waals surface area contributed by atoms with E-state index in [9.17, 15) is 9.90 Å². The van der Waals surface area contributed by atoms with E-state index in [1.165, 1.54) is 0 Å². The predicted molar refractivity (Wildman–Crippen MR) is 60.4 cm³/mol. The van der Waals surface area contributed by atoms with E-state index in [-0.39, 0.29) is 5.92 Å². The zero-order valence-electron chi connectivity index (χ0n) is 9.47. The van der Waals surface area contributed by atoms with E-state index in [1.54, 1.807) is 13.8 Å². The van der Waals surface area contributed by atoms with Gasteiger partial charge in [-0.1, -0.05) is 44.2 Å². The molecule has 0 aliphatic rings. The Morgan fingerprint density at radius 3 is 2.38 bits per heavy atom. The molecule has 16 heavy (non-hydrogen) atoms. The molecule has 0 aliphatic heterocycles. The summed E-state index contributed by atoms with van der Waals surface area (Å²) in [6, 6.07) is 9.29. The lowest BCUT2D eigenvalue weighted by Gasteiger charge is -2.33. The Labute approximate surface area is 94.9 Å². The summed E-state index contributed by atoms with van der Waals surface area (Å²) in [5.74, 6) is -1.37. The maximum absolute atomic E-state index is 11.3. The molecule has 4 nitrogen and oxygen atoms in total. The Balaban J connectivity index is 3.10. The van der Waals surface area contributed by atoms with Gasteiger partial charge in [0.05, 0.1) is 0 Å². The van der Waals surface area contributed by atoms with Crippen LogP contribution in [0.15, 0.2) is 30.3 Å². The summed E-state index contributed by atoms with van der Waals surface area (Å²) in [6.07, 6.45) is 0.300. The summed E-state index contributed by atoms with van der Waals surface area (Å²) in [4.78, 5) is 11.3. The van der Waals surface area contributed by atoms with Crippen molar-refractivity contribution < 1.29 is 15.1 Å². The summed E-state index contributed by atoms with van der Waals surface area (Å²) in [6.45, 7) is 3.52. The second kappa shape index (κ2) is 5.09. The molecule has 0 saturated heterocycles. The number of aliphatic carboxylic acids is 1. The van der Waals surface area contributed by atoms with Gasteiger partial charge in [0.1, 0.15) is 5.54 Å². The summed E-state index contributed by atoms with van der Waals surface area (Å²) in [5.41, 5.74) is 1.51. The lowest BCUT2D eigenvalue weighted by molar-refractivity contribution is -0.151. The van der Waals surface area contributed by atoms with Gasteiger partial charge in [0.25, 0.3) is 0 Å². The normalized spacial score (nSPS) is 16.4. The van der Waals surface area contributed by atoms with Gasteiger partial charge in [-0.15, -0.1) is 0 Å². The minimum absolute atomic E-state index is 0.300. The monoisotopic (exact) mass is 223 g/mol. The van der Waals surface area contributed by atoms with Gasteiger partial charge in [-0.25, -0.2) is 0 Å². The first-order valence-electron chi connectivity index (χ1n) is 5.28. The summed E-state index contributed by atoms with van der Waals surface area (Å²) in [5, 5.41) is 18.4. The van der Waals surface area contributed by atoms with E-state index in [2.05, 4.69) is 0 Å². The lowest BCUT2D eigenvalue weighted by atomic mass is 9.79. The quantitative estimate of drug-likeness (QED) is 0.668. The third-order valence-corrected chi connectivity index (χ3v) is 3.18. The SMILES string of the molecule is CCC(NO)(C(=O)O)C(C)c1ccccc1. The van der Waals surface area contributed by atoms with E-state index < -0.39 is 11.5 Å². The molecule has 4 heteroatoms. The zero-order chi connectivity index (χ0) is 12.2. The number of nitrogens with one attached hydrogen (secondary N) is 1. The van der Waals surface area contributed by atoms with Gasteiger partial charge < -0.3 is 10.3 Å². The van der Waals surface area contributed by atoms with E-state index in [1.807, 2.05) is 35.8 Å². The molecule has 0 bridgehead atoms. The summed E-state index contributed by atoms with van der Waals surface area (Å²) < 4.78 is 0. The predicted octanol–water partition coefficient (Wildman–Crippen LogP) is 2.00. The highest BCUT2D eigenvalue weighted by molar-refractivity contribution is 5.80. The molecule has 0 saturated carbocycles. The molecule has 0 radical (unpaired) electrons. The van der Waals surface area contributed by atoms with E-state index in [0.29, 0.717) is 6.42 Å². The van der Waals surface area contributed by atoms with Gasteiger partial charge in [-0.05, 0) is 12.0 Å². The largest absolute Gasteiger partial charge is 0.480 e. The van der Waals surface area contributed by atoms with Gasteiger partial charge >= 0.3 is 5.97 Å². The maximum atomic E-state index is 11.3. The molecule has 1 aromatic rings. The molecule has 0 aromatic heterocycles. The number of carboxylic acid groups (broad SMARTS) is 1. The van der Waals surface area contributed by atoms with Crippen molar-refractivity contribution in [2.75, 3.05) is 0 Å². The third-order valence-electron chi connectivity index (χ3n) is 3.18. The van der Waals surface area contributed by atoms with Crippen molar-refractivity contribution in [2.45, 2.75) is 31.7 Å². The van der Waals surface area contributed by atoms with Crippen molar-refractivity contribution in [3.05, 3.63) is 35.9 Å². The Kier molecular flexibility index (Phi) is 4.04.